The molecule has 0 unspecified atom stereocenters. The van der Waals surface area contributed by atoms with E-state index in [4.69, 9.17) is 9.15 Å². The van der Waals surface area contributed by atoms with Gasteiger partial charge in [0.2, 0.25) is 0 Å². The fourth-order valence-corrected chi connectivity index (χ4v) is 2.35. The van der Waals surface area contributed by atoms with E-state index in [2.05, 4.69) is 10.3 Å². The first-order chi connectivity index (χ1) is 12.1. The van der Waals surface area contributed by atoms with Crippen molar-refractivity contribution in [2.45, 2.75) is 6.92 Å². The van der Waals surface area contributed by atoms with E-state index in [1.807, 2.05) is 30.3 Å². The number of amides is 1. The van der Waals surface area contributed by atoms with Crippen LogP contribution in [0.4, 0.5) is 0 Å². The van der Waals surface area contributed by atoms with Crippen LogP contribution in [0.15, 0.2) is 59.0 Å². The van der Waals surface area contributed by atoms with Crippen LogP contribution < -0.4 is 10.1 Å². The smallest absolute Gasteiger partial charge is 0.366 e. The fourth-order valence-electron chi connectivity index (χ4n) is 2.35. The third-order valence-corrected chi connectivity index (χ3v) is 3.50. The molecule has 6 heteroatoms. The highest BCUT2D eigenvalue weighted by Crippen LogP contribution is 2.26. The lowest BCUT2D eigenvalue weighted by Gasteiger charge is -2.05. The molecule has 0 aliphatic carbocycles. The molecule has 3 rings (SSSR count). The predicted molar refractivity (Wildman–Crippen MR) is 91.5 cm³/mol. The monoisotopic (exact) mass is 336 g/mol. The Labute approximate surface area is 144 Å². The average Bonchev–Trinajstić information content (AvgIpc) is 3.04. The number of nitrogens with zero attached hydrogens (tertiary/aromatic N) is 1. The minimum atomic E-state index is -0.648. The summed E-state index contributed by atoms with van der Waals surface area (Å²) in [5.74, 6) is 0.0612. The van der Waals surface area contributed by atoms with Gasteiger partial charge < -0.3 is 14.5 Å². The van der Waals surface area contributed by atoms with Gasteiger partial charge in [0.15, 0.2) is 17.3 Å². The van der Waals surface area contributed by atoms with Gasteiger partial charge in [-0.15, -0.1) is 0 Å². The van der Waals surface area contributed by atoms with E-state index in [-0.39, 0.29) is 17.4 Å². The van der Waals surface area contributed by atoms with Crippen molar-refractivity contribution in [3.8, 4) is 17.1 Å². The highest BCUT2D eigenvalue weighted by molar-refractivity contribution is 5.96. The Morgan fingerprint density at radius 2 is 1.84 bits per heavy atom. The third kappa shape index (κ3) is 3.58. The summed E-state index contributed by atoms with van der Waals surface area (Å²) in [5, 5.41) is 2.52. The standard InChI is InChI=1S/C19H16N2O4/c1-12-21-16(17(24-12)13-7-4-3-5-8-13)19(23)25-15-10-6-9-14(11-15)18(22)20-2/h3-11H,1-2H3,(H,20,22). The van der Waals surface area contributed by atoms with Crippen LogP contribution in [-0.2, 0) is 0 Å². The van der Waals surface area contributed by atoms with Crippen molar-refractivity contribution in [3.05, 3.63) is 71.7 Å². The molecule has 0 radical (unpaired) electrons. The van der Waals surface area contributed by atoms with Crippen LogP contribution in [0.2, 0.25) is 0 Å². The summed E-state index contributed by atoms with van der Waals surface area (Å²) in [4.78, 5) is 28.3. The quantitative estimate of drug-likeness (QED) is 0.584. The summed E-state index contributed by atoms with van der Waals surface area (Å²) < 4.78 is 10.9. The Hall–Kier alpha value is -3.41. The second-order valence-electron chi connectivity index (χ2n) is 5.27. The molecule has 0 atom stereocenters. The second kappa shape index (κ2) is 7.00. The Morgan fingerprint density at radius 1 is 1.08 bits per heavy atom. The normalized spacial score (nSPS) is 10.3. The van der Waals surface area contributed by atoms with Crippen molar-refractivity contribution < 1.29 is 18.7 Å². The van der Waals surface area contributed by atoms with Gasteiger partial charge in [-0.05, 0) is 18.2 Å². The zero-order valence-corrected chi connectivity index (χ0v) is 13.8. The van der Waals surface area contributed by atoms with Crippen molar-refractivity contribution in [3.63, 3.8) is 0 Å². The van der Waals surface area contributed by atoms with Gasteiger partial charge >= 0.3 is 5.97 Å². The lowest BCUT2D eigenvalue weighted by Crippen LogP contribution is -2.18. The van der Waals surface area contributed by atoms with E-state index in [9.17, 15) is 9.59 Å². The van der Waals surface area contributed by atoms with Crippen LogP contribution in [0.3, 0.4) is 0 Å². The minimum Gasteiger partial charge on any atom is -0.440 e. The summed E-state index contributed by atoms with van der Waals surface area (Å²) in [6.45, 7) is 1.66. The Bertz CT molecular complexity index is 916. The number of esters is 1. The molecule has 0 spiro atoms. The van der Waals surface area contributed by atoms with Crippen LogP contribution in [0.1, 0.15) is 26.7 Å². The van der Waals surface area contributed by atoms with Gasteiger partial charge in [0.1, 0.15) is 5.75 Å². The Balaban J connectivity index is 1.89. The lowest BCUT2D eigenvalue weighted by molar-refractivity contribution is 0.0728. The molecule has 0 aliphatic heterocycles. The van der Waals surface area contributed by atoms with Crippen molar-refractivity contribution in [1.29, 1.82) is 0 Å². The highest BCUT2D eigenvalue weighted by Gasteiger charge is 2.22. The molecule has 0 saturated carbocycles. The van der Waals surface area contributed by atoms with E-state index in [1.165, 1.54) is 13.1 Å². The number of carbonyl (C=O) groups is 2. The summed E-state index contributed by atoms with van der Waals surface area (Å²) in [7, 11) is 1.53. The van der Waals surface area contributed by atoms with Gasteiger partial charge in [0, 0.05) is 25.1 Å². The molecule has 3 aromatic rings. The first kappa shape index (κ1) is 16.4. The van der Waals surface area contributed by atoms with Gasteiger partial charge in [-0.1, -0.05) is 36.4 Å². The van der Waals surface area contributed by atoms with E-state index >= 15 is 0 Å². The maximum Gasteiger partial charge on any atom is 0.366 e. The molecule has 25 heavy (non-hydrogen) atoms. The number of ether oxygens (including phenoxy) is 1. The van der Waals surface area contributed by atoms with E-state index in [0.717, 1.165) is 5.56 Å². The maximum absolute atomic E-state index is 12.5. The van der Waals surface area contributed by atoms with Gasteiger partial charge in [0.05, 0.1) is 0 Å². The minimum absolute atomic E-state index is 0.0917. The fraction of sp³-hybridized carbons (Fsp3) is 0.105. The molecule has 1 heterocycles. The molecule has 0 aliphatic rings. The van der Waals surface area contributed by atoms with E-state index < -0.39 is 5.97 Å². The SMILES string of the molecule is CNC(=O)c1cccc(OC(=O)c2nc(C)oc2-c2ccccc2)c1. The molecule has 0 saturated heterocycles. The van der Waals surface area contributed by atoms with Crippen LogP contribution in [0, 0.1) is 6.92 Å². The molecule has 1 aromatic heterocycles. The molecule has 1 amide bonds. The Kier molecular flexibility index (Phi) is 4.61. The van der Waals surface area contributed by atoms with E-state index in [1.54, 1.807) is 25.1 Å². The van der Waals surface area contributed by atoms with Crippen molar-refractivity contribution in [2.75, 3.05) is 7.05 Å². The number of hydrogen-bond acceptors (Lipinski definition) is 5. The molecule has 0 fully saturated rings. The van der Waals surface area contributed by atoms with Crippen LogP contribution in [-0.4, -0.2) is 23.9 Å². The number of aromatic nitrogens is 1. The zero-order valence-electron chi connectivity index (χ0n) is 13.8. The molecule has 1 N–H and O–H groups in total. The number of rotatable bonds is 4. The molecular formula is C19H16N2O4. The summed E-state index contributed by atoms with van der Waals surface area (Å²) >= 11 is 0. The van der Waals surface area contributed by atoms with Crippen molar-refractivity contribution in [1.82, 2.24) is 10.3 Å². The Morgan fingerprint density at radius 3 is 2.56 bits per heavy atom. The number of aryl methyl sites for hydroxylation is 1. The summed E-state index contributed by atoms with van der Waals surface area (Å²) in [6.07, 6.45) is 0. The lowest BCUT2D eigenvalue weighted by atomic mass is 10.1. The number of oxazole rings is 1. The summed E-state index contributed by atoms with van der Waals surface area (Å²) in [6, 6.07) is 15.6. The number of carbonyl (C=O) groups excluding carboxylic acids is 2. The second-order valence-corrected chi connectivity index (χ2v) is 5.27. The topological polar surface area (TPSA) is 81.4 Å². The first-order valence-corrected chi connectivity index (χ1v) is 7.65. The number of hydrogen-bond donors (Lipinski definition) is 1. The van der Waals surface area contributed by atoms with Gasteiger partial charge in [-0.2, -0.15) is 0 Å². The van der Waals surface area contributed by atoms with Crippen LogP contribution >= 0.6 is 0 Å². The van der Waals surface area contributed by atoms with Crippen LogP contribution in [0.5, 0.6) is 5.75 Å². The summed E-state index contributed by atoms with van der Waals surface area (Å²) in [5.41, 5.74) is 1.22. The van der Waals surface area contributed by atoms with Gasteiger partial charge in [0.25, 0.3) is 5.91 Å². The first-order valence-electron chi connectivity index (χ1n) is 7.65. The van der Waals surface area contributed by atoms with Crippen LogP contribution in [0.25, 0.3) is 11.3 Å². The average molecular weight is 336 g/mol. The number of nitrogens with one attached hydrogen (secondary N) is 1. The molecular weight excluding hydrogens is 320 g/mol. The van der Waals surface area contributed by atoms with Gasteiger partial charge in [-0.25, -0.2) is 9.78 Å². The molecule has 126 valence electrons. The molecule has 0 bridgehead atoms. The predicted octanol–water partition coefficient (Wildman–Crippen LogP) is 3.23. The zero-order chi connectivity index (χ0) is 17.8. The van der Waals surface area contributed by atoms with Gasteiger partial charge in [-0.3, -0.25) is 4.79 Å². The molecule has 6 nitrogen and oxygen atoms in total. The largest absolute Gasteiger partial charge is 0.440 e. The number of benzene rings is 2. The van der Waals surface area contributed by atoms with E-state index in [0.29, 0.717) is 17.2 Å². The highest BCUT2D eigenvalue weighted by atomic mass is 16.5. The van der Waals surface area contributed by atoms with Crippen molar-refractivity contribution in [2.24, 2.45) is 0 Å². The third-order valence-electron chi connectivity index (χ3n) is 3.50. The van der Waals surface area contributed by atoms with Crippen molar-refractivity contribution >= 4 is 11.9 Å². The molecule has 2 aromatic carbocycles. The maximum atomic E-state index is 12.5.